The summed E-state index contributed by atoms with van der Waals surface area (Å²) in [6.45, 7) is -0.246. The van der Waals surface area contributed by atoms with Gasteiger partial charge in [0.2, 0.25) is 0 Å². The topological polar surface area (TPSA) is 169 Å². The van der Waals surface area contributed by atoms with Gasteiger partial charge in [0.25, 0.3) is 17.4 Å². The molecule has 7 rings (SSSR count). The third kappa shape index (κ3) is 4.74. The van der Waals surface area contributed by atoms with Crippen LogP contribution in [0.15, 0.2) is 50.3 Å². The molecule has 0 spiro atoms. The van der Waals surface area contributed by atoms with Crippen LogP contribution in [0.3, 0.4) is 0 Å². The Morgan fingerprint density at radius 2 is 1.61 bits per heavy atom. The minimum Gasteiger partial charge on any atom is -0.504 e. The number of aryl methyl sites for hydroxylation is 2. The summed E-state index contributed by atoms with van der Waals surface area (Å²) in [4.78, 5) is 70.3. The highest BCUT2D eigenvalue weighted by atomic mass is 127. The molecule has 4 unspecified atom stereocenters. The number of hydrogen-bond donors (Lipinski definition) is 1. The first-order valence-corrected chi connectivity index (χ1v) is 17.5. The van der Waals surface area contributed by atoms with Gasteiger partial charge in [0.15, 0.2) is 32.7 Å². The SMILES string of the molecule is COc1cc2nc(CCn3c(=O)n4n(c3=O)C3CC5(Cl)C(=O)N(C)C(=O)C5(Cl)C(c5cc(I)c(O)c(OC)c5)C3=CC4)c(=O)n(C)c2cc1OC. The summed E-state index contributed by atoms with van der Waals surface area (Å²) in [5, 5.41) is 10.6. The molecule has 0 bridgehead atoms. The highest BCUT2D eigenvalue weighted by molar-refractivity contribution is 14.1. The van der Waals surface area contributed by atoms with E-state index < -0.39 is 50.5 Å². The van der Waals surface area contributed by atoms with Gasteiger partial charge in [-0.2, -0.15) is 0 Å². The second kappa shape index (κ2) is 12.2. The number of halogens is 3. The molecule has 0 radical (unpaired) electrons. The van der Waals surface area contributed by atoms with Crippen LogP contribution in [0.2, 0.25) is 0 Å². The van der Waals surface area contributed by atoms with E-state index in [1.807, 2.05) is 22.6 Å². The molecule has 1 saturated carbocycles. The minimum absolute atomic E-state index is 0.0581. The number of likely N-dealkylation sites (tertiary alicyclic amines) is 1. The summed E-state index contributed by atoms with van der Waals surface area (Å²) in [5.41, 5.74) is 0.214. The van der Waals surface area contributed by atoms with Gasteiger partial charge in [-0.3, -0.25) is 19.3 Å². The van der Waals surface area contributed by atoms with Crippen molar-refractivity contribution in [3.8, 4) is 23.0 Å². The number of methoxy groups -OCH3 is 3. The molecule has 15 nitrogen and oxygen atoms in total. The van der Waals surface area contributed by atoms with Crippen molar-refractivity contribution in [3.63, 3.8) is 0 Å². The maximum Gasteiger partial charge on any atom is 0.347 e. The van der Waals surface area contributed by atoms with E-state index in [1.54, 1.807) is 31.3 Å². The Morgan fingerprint density at radius 3 is 2.27 bits per heavy atom. The van der Waals surface area contributed by atoms with Crippen LogP contribution < -0.4 is 31.1 Å². The summed E-state index contributed by atoms with van der Waals surface area (Å²) in [6, 6.07) is 5.44. The predicted octanol–water partition coefficient (Wildman–Crippen LogP) is 2.26. The minimum atomic E-state index is -2.02. The number of carbonyl (C=O) groups excluding carboxylic acids is 2. The van der Waals surface area contributed by atoms with Gasteiger partial charge < -0.3 is 23.9 Å². The molecular weight excluding hydrogens is 822 g/mol. The van der Waals surface area contributed by atoms with Crippen molar-refractivity contribution in [2.45, 2.75) is 47.6 Å². The number of nitrogens with zero attached hydrogens (tertiary/aromatic N) is 6. The van der Waals surface area contributed by atoms with E-state index in [-0.39, 0.29) is 43.1 Å². The van der Waals surface area contributed by atoms with E-state index in [0.29, 0.717) is 37.2 Å². The molecule has 4 aromatic rings. The second-order valence-electron chi connectivity index (χ2n) is 12.6. The molecule has 2 amide bonds. The fourth-order valence-corrected chi connectivity index (χ4v) is 9.25. The monoisotopic (exact) mass is 852 g/mol. The molecule has 2 fully saturated rings. The molecule has 2 aromatic heterocycles. The lowest BCUT2D eigenvalue weighted by atomic mass is 9.64. The Bertz CT molecular complexity index is 2420. The van der Waals surface area contributed by atoms with Crippen molar-refractivity contribution in [3.05, 3.63) is 82.1 Å². The number of phenols is 1. The Morgan fingerprint density at radius 1 is 0.941 bits per heavy atom. The number of hydrogen-bond acceptors (Lipinski definition) is 10. The Hall–Kier alpha value is -4.29. The van der Waals surface area contributed by atoms with Crippen molar-refractivity contribution in [1.82, 2.24) is 28.4 Å². The smallest absolute Gasteiger partial charge is 0.347 e. The van der Waals surface area contributed by atoms with Crippen LogP contribution in [0.1, 0.15) is 29.6 Å². The first-order chi connectivity index (χ1) is 24.1. The number of imide groups is 1. The van der Waals surface area contributed by atoms with Crippen LogP contribution in [0.4, 0.5) is 0 Å². The summed E-state index contributed by atoms with van der Waals surface area (Å²) in [6.07, 6.45) is 1.38. The van der Waals surface area contributed by atoms with E-state index in [0.717, 1.165) is 9.47 Å². The summed E-state index contributed by atoms with van der Waals surface area (Å²) >= 11 is 16.4. The molecule has 4 heterocycles. The average molecular weight is 853 g/mol. The first-order valence-electron chi connectivity index (χ1n) is 15.6. The maximum absolute atomic E-state index is 14.2. The van der Waals surface area contributed by atoms with Gasteiger partial charge >= 0.3 is 11.4 Å². The fourth-order valence-electron chi connectivity index (χ4n) is 7.62. The van der Waals surface area contributed by atoms with E-state index in [4.69, 9.17) is 37.4 Å². The van der Waals surface area contributed by atoms with Crippen molar-refractivity contribution < 1.29 is 28.9 Å². The van der Waals surface area contributed by atoms with E-state index >= 15 is 0 Å². The van der Waals surface area contributed by atoms with Gasteiger partial charge in [-0.25, -0.2) is 28.5 Å². The Balaban J connectivity index is 1.33. The normalized spacial score (nSPS) is 23.9. The molecule has 1 N–H and O–H groups in total. The third-order valence-corrected chi connectivity index (χ3v) is 12.4. The van der Waals surface area contributed by atoms with Crippen molar-refractivity contribution in [2.24, 2.45) is 7.05 Å². The zero-order chi connectivity index (χ0) is 36.9. The number of fused-ring (bicyclic) bond motifs is 5. The third-order valence-electron chi connectivity index (χ3n) is 10.2. The largest absolute Gasteiger partial charge is 0.504 e. The Labute approximate surface area is 312 Å². The number of amides is 2. The van der Waals surface area contributed by atoms with Crippen LogP contribution in [-0.2, 0) is 36.1 Å². The summed E-state index contributed by atoms with van der Waals surface area (Å²) < 4.78 is 21.4. The van der Waals surface area contributed by atoms with E-state index in [1.165, 1.54) is 48.4 Å². The molecule has 18 heteroatoms. The van der Waals surface area contributed by atoms with Gasteiger partial charge in [0.1, 0.15) is 5.69 Å². The predicted molar refractivity (Wildman–Crippen MR) is 194 cm³/mol. The number of benzene rings is 2. The standard InChI is InChI=1S/C33H31Cl2IN6O9/c1-38-20-13-23(50-4)22(49-3)12-19(20)37-18(27(38)44)7-8-40-30(47)41-9-6-16-21(42(41)31(40)48)14-32(34)28(45)39(2)29(46)33(32,35)25(16)15-10-17(36)26(43)24(11-15)51-5/h6,10-13,21,25,43H,7-9,14H2,1-5H3. The number of carbonyl (C=O) groups is 2. The average Bonchev–Trinajstić information content (AvgIpc) is 3.43. The molecule has 4 atom stereocenters. The van der Waals surface area contributed by atoms with E-state index in [9.17, 15) is 29.1 Å². The lowest BCUT2D eigenvalue weighted by Gasteiger charge is -2.49. The van der Waals surface area contributed by atoms with Crippen LogP contribution in [0.25, 0.3) is 11.0 Å². The molecule has 51 heavy (non-hydrogen) atoms. The lowest BCUT2D eigenvalue weighted by Crippen LogP contribution is -2.59. The van der Waals surface area contributed by atoms with Gasteiger partial charge in [0, 0.05) is 51.5 Å². The fraction of sp³-hybridized carbons (Fsp3) is 0.394. The molecule has 2 aliphatic heterocycles. The maximum atomic E-state index is 14.2. The van der Waals surface area contributed by atoms with Crippen molar-refractivity contribution in [2.75, 3.05) is 28.4 Å². The highest BCUT2D eigenvalue weighted by Crippen LogP contribution is 2.63. The lowest BCUT2D eigenvalue weighted by molar-refractivity contribution is -0.137. The summed E-state index contributed by atoms with van der Waals surface area (Å²) in [7, 11) is 7.22. The zero-order valence-corrected chi connectivity index (χ0v) is 31.6. The van der Waals surface area contributed by atoms with Crippen LogP contribution in [0, 0.1) is 3.57 Å². The highest BCUT2D eigenvalue weighted by Gasteiger charge is 2.75. The summed E-state index contributed by atoms with van der Waals surface area (Å²) in [5.74, 6) is -1.72. The molecule has 3 aliphatic rings. The van der Waals surface area contributed by atoms with Gasteiger partial charge in [-0.1, -0.05) is 6.08 Å². The van der Waals surface area contributed by atoms with Crippen molar-refractivity contribution >= 4 is 68.6 Å². The van der Waals surface area contributed by atoms with Crippen LogP contribution >= 0.6 is 45.8 Å². The zero-order valence-electron chi connectivity index (χ0n) is 27.9. The molecule has 1 aliphatic carbocycles. The van der Waals surface area contributed by atoms with Gasteiger partial charge in [-0.15, -0.1) is 23.2 Å². The number of aromatic hydroxyl groups is 1. The quantitative estimate of drug-likeness (QED) is 0.126. The number of allylic oxidation sites excluding steroid dienone is 2. The molecule has 1 saturated heterocycles. The number of phenolic OH excluding ortho intramolecular Hbond substituents is 1. The number of aromatic nitrogens is 5. The van der Waals surface area contributed by atoms with Crippen LogP contribution in [0.5, 0.6) is 23.0 Å². The first kappa shape index (κ1) is 35.1. The molecule has 2 aromatic carbocycles. The number of ether oxygens (including phenoxy) is 3. The van der Waals surface area contributed by atoms with Crippen molar-refractivity contribution in [1.29, 1.82) is 0 Å². The van der Waals surface area contributed by atoms with E-state index in [2.05, 4.69) is 4.98 Å². The molecule has 268 valence electrons. The van der Waals surface area contributed by atoms with Gasteiger partial charge in [0.05, 0.1) is 48.5 Å². The molecular formula is C33H31Cl2IN6O9. The number of alkyl halides is 2. The number of rotatable bonds is 7. The van der Waals surface area contributed by atoms with Gasteiger partial charge in [-0.05, 0) is 45.9 Å². The van der Waals surface area contributed by atoms with Crippen LogP contribution in [-0.4, -0.2) is 83.4 Å². The second-order valence-corrected chi connectivity index (χ2v) is 15.0. The Kier molecular flexibility index (Phi) is 8.37.